The zero-order valence-electron chi connectivity index (χ0n) is 16.3. The molecule has 6 nitrogen and oxygen atoms in total. The van der Waals surface area contributed by atoms with Gasteiger partial charge in [0.05, 0.1) is 18.2 Å². The van der Waals surface area contributed by atoms with E-state index in [0.29, 0.717) is 64.9 Å². The highest BCUT2D eigenvalue weighted by molar-refractivity contribution is 9.10. The molecule has 0 saturated carbocycles. The van der Waals surface area contributed by atoms with Crippen molar-refractivity contribution in [2.24, 2.45) is 0 Å². The highest BCUT2D eigenvalue weighted by atomic mass is 79.9. The van der Waals surface area contributed by atoms with Gasteiger partial charge in [-0.3, -0.25) is 9.59 Å². The molecule has 2 aromatic rings. The molecule has 3 rings (SSSR count). The summed E-state index contributed by atoms with van der Waals surface area (Å²) in [4.78, 5) is 29.1. The van der Waals surface area contributed by atoms with Crippen LogP contribution in [0.1, 0.15) is 27.6 Å². The van der Waals surface area contributed by atoms with Gasteiger partial charge in [0.1, 0.15) is 0 Å². The van der Waals surface area contributed by atoms with Crippen molar-refractivity contribution in [1.82, 2.24) is 9.80 Å². The van der Waals surface area contributed by atoms with Crippen LogP contribution in [0.3, 0.4) is 0 Å². The fraction of sp³-hybridized carbons (Fsp3) is 0.333. The van der Waals surface area contributed by atoms with Crippen LogP contribution in [-0.4, -0.2) is 61.5 Å². The predicted molar refractivity (Wildman–Crippen MR) is 115 cm³/mol. The van der Waals surface area contributed by atoms with Crippen LogP contribution in [0.25, 0.3) is 0 Å². The number of benzene rings is 2. The van der Waals surface area contributed by atoms with E-state index in [1.54, 1.807) is 53.3 Å². The van der Waals surface area contributed by atoms with Crippen LogP contribution in [0.4, 0.5) is 0 Å². The summed E-state index contributed by atoms with van der Waals surface area (Å²) < 4.78 is 11.6. The minimum atomic E-state index is -0.106. The van der Waals surface area contributed by atoms with Gasteiger partial charge in [0.15, 0.2) is 11.5 Å². The average molecular weight is 482 g/mol. The number of carbonyl (C=O) groups excluding carboxylic acids is 2. The normalized spacial score (nSPS) is 13.9. The third-order valence-corrected chi connectivity index (χ3v) is 5.55. The smallest absolute Gasteiger partial charge is 0.254 e. The van der Waals surface area contributed by atoms with E-state index in [4.69, 9.17) is 21.1 Å². The van der Waals surface area contributed by atoms with Gasteiger partial charge in [-0.2, -0.15) is 0 Å². The molecule has 0 aromatic heterocycles. The first-order chi connectivity index (χ1) is 13.9. The lowest BCUT2D eigenvalue weighted by Crippen LogP contribution is -2.50. The molecule has 0 radical (unpaired) electrons. The molecular weight excluding hydrogens is 460 g/mol. The third-order valence-electron chi connectivity index (χ3n) is 4.71. The lowest BCUT2D eigenvalue weighted by Gasteiger charge is -2.35. The number of hydrogen-bond donors (Lipinski definition) is 0. The van der Waals surface area contributed by atoms with Crippen LogP contribution in [0.15, 0.2) is 40.9 Å². The molecule has 0 unspecified atom stereocenters. The SMILES string of the molecule is CCOc1c(Br)cc(C(=O)N2CCN(C(=O)c3ccc(Cl)cc3)CC2)cc1OC. The van der Waals surface area contributed by atoms with E-state index in [0.717, 1.165) is 0 Å². The maximum Gasteiger partial charge on any atom is 0.254 e. The average Bonchev–Trinajstić information content (AvgIpc) is 2.74. The Labute approximate surface area is 183 Å². The van der Waals surface area contributed by atoms with Gasteiger partial charge in [-0.15, -0.1) is 0 Å². The first-order valence-electron chi connectivity index (χ1n) is 9.29. The van der Waals surface area contributed by atoms with Crippen LogP contribution < -0.4 is 9.47 Å². The maximum absolute atomic E-state index is 13.0. The molecule has 0 aliphatic carbocycles. The summed E-state index contributed by atoms with van der Waals surface area (Å²) in [5.41, 5.74) is 1.10. The Morgan fingerprint density at radius 3 is 2.07 bits per heavy atom. The number of amides is 2. The lowest BCUT2D eigenvalue weighted by molar-refractivity contribution is 0.0535. The molecule has 1 saturated heterocycles. The quantitative estimate of drug-likeness (QED) is 0.645. The standard InChI is InChI=1S/C21H22BrClN2O4/c1-3-29-19-17(22)12-15(13-18(19)28-2)21(27)25-10-8-24(9-11-25)20(26)14-4-6-16(23)7-5-14/h4-7,12-13H,3,8-11H2,1-2H3. The molecule has 1 aliphatic heterocycles. The minimum Gasteiger partial charge on any atom is -0.493 e. The van der Waals surface area contributed by atoms with Gasteiger partial charge in [0.2, 0.25) is 0 Å². The summed E-state index contributed by atoms with van der Waals surface area (Å²) in [5, 5.41) is 0.592. The molecule has 1 heterocycles. The Kier molecular flexibility index (Phi) is 7.03. The number of ether oxygens (including phenoxy) is 2. The van der Waals surface area contributed by atoms with Gasteiger partial charge in [-0.05, 0) is 59.3 Å². The Hall–Kier alpha value is -2.25. The summed E-state index contributed by atoms with van der Waals surface area (Å²) >= 11 is 9.34. The molecule has 29 heavy (non-hydrogen) atoms. The summed E-state index contributed by atoms with van der Waals surface area (Å²) in [6, 6.07) is 10.2. The number of hydrogen-bond acceptors (Lipinski definition) is 4. The van der Waals surface area contributed by atoms with Gasteiger partial charge in [0, 0.05) is 42.3 Å². The number of nitrogens with zero attached hydrogens (tertiary/aromatic N) is 2. The van der Waals surface area contributed by atoms with Crippen LogP contribution in [0.2, 0.25) is 5.02 Å². The molecule has 2 amide bonds. The van der Waals surface area contributed by atoms with E-state index in [2.05, 4.69) is 15.9 Å². The first-order valence-corrected chi connectivity index (χ1v) is 10.5. The van der Waals surface area contributed by atoms with Crippen molar-refractivity contribution in [2.75, 3.05) is 39.9 Å². The second kappa shape index (κ2) is 9.50. The number of rotatable bonds is 5. The summed E-state index contributed by atoms with van der Waals surface area (Å²) in [6.07, 6.45) is 0. The Morgan fingerprint density at radius 1 is 1.00 bits per heavy atom. The maximum atomic E-state index is 13.0. The summed E-state index contributed by atoms with van der Waals surface area (Å²) in [6.45, 7) is 4.25. The Morgan fingerprint density at radius 2 is 1.55 bits per heavy atom. The van der Waals surface area contributed by atoms with Crippen molar-refractivity contribution in [3.8, 4) is 11.5 Å². The number of methoxy groups -OCH3 is 1. The molecule has 0 spiro atoms. The van der Waals surface area contributed by atoms with Crippen molar-refractivity contribution in [2.45, 2.75) is 6.92 Å². The van der Waals surface area contributed by atoms with Crippen LogP contribution in [-0.2, 0) is 0 Å². The molecular formula is C21H22BrClN2O4. The molecule has 1 fully saturated rings. The molecule has 154 valence electrons. The van der Waals surface area contributed by atoms with E-state index in [9.17, 15) is 9.59 Å². The van der Waals surface area contributed by atoms with Gasteiger partial charge in [0.25, 0.3) is 11.8 Å². The van der Waals surface area contributed by atoms with Crippen LogP contribution in [0.5, 0.6) is 11.5 Å². The zero-order chi connectivity index (χ0) is 21.0. The topological polar surface area (TPSA) is 59.1 Å². The van der Waals surface area contributed by atoms with Gasteiger partial charge >= 0.3 is 0 Å². The van der Waals surface area contributed by atoms with Crippen molar-refractivity contribution in [3.05, 3.63) is 57.0 Å². The van der Waals surface area contributed by atoms with Crippen molar-refractivity contribution < 1.29 is 19.1 Å². The fourth-order valence-corrected chi connectivity index (χ4v) is 3.88. The fourth-order valence-electron chi connectivity index (χ4n) is 3.20. The Balaban J connectivity index is 1.68. The van der Waals surface area contributed by atoms with E-state index < -0.39 is 0 Å². The summed E-state index contributed by atoms with van der Waals surface area (Å²) in [7, 11) is 1.54. The van der Waals surface area contributed by atoms with Crippen LogP contribution in [0, 0.1) is 0 Å². The van der Waals surface area contributed by atoms with Crippen molar-refractivity contribution >= 4 is 39.3 Å². The highest BCUT2D eigenvalue weighted by Gasteiger charge is 2.26. The van der Waals surface area contributed by atoms with Gasteiger partial charge < -0.3 is 19.3 Å². The van der Waals surface area contributed by atoms with Gasteiger partial charge in [-0.1, -0.05) is 11.6 Å². The second-order valence-electron chi connectivity index (χ2n) is 6.51. The highest BCUT2D eigenvalue weighted by Crippen LogP contribution is 2.37. The molecule has 0 N–H and O–H groups in total. The van der Waals surface area contributed by atoms with E-state index in [-0.39, 0.29) is 11.8 Å². The van der Waals surface area contributed by atoms with Crippen molar-refractivity contribution in [1.29, 1.82) is 0 Å². The summed E-state index contributed by atoms with van der Waals surface area (Å²) in [5.74, 6) is 0.913. The van der Waals surface area contributed by atoms with Gasteiger partial charge in [-0.25, -0.2) is 0 Å². The number of halogens is 2. The molecule has 2 aromatic carbocycles. The third kappa shape index (κ3) is 4.85. The zero-order valence-corrected chi connectivity index (χ0v) is 18.6. The van der Waals surface area contributed by atoms with E-state index in [1.165, 1.54) is 0 Å². The molecule has 0 bridgehead atoms. The minimum absolute atomic E-state index is 0.0563. The molecule has 8 heteroatoms. The lowest BCUT2D eigenvalue weighted by atomic mass is 10.1. The number of carbonyl (C=O) groups is 2. The largest absolute Gasteiger partial charge is 0.493 e. The predicted octanol–water partition coefficient (Wildman–Crippen LogP) is 4.11. The monoisotopic (exact) mass is 480 g/mol. The molecule has 0 atom stereocenters. The first kappa shape index (κ1) is 21.5. The number of piperazine rings is 1. The van der Waals surface area contributed by atoms with E-state index >= 15 is 0 Å². The van der Waals surface area contributed by atoms with Crippen molar-refractivity contribution in [3.63, 3.8) is 0 Å². The Bertz CT molecular complexity index is 896. The molecule has 1 aliphatic rings. The second-order valence-corrected chi connectivity index (χ2v) is 7.80. The van der Waals surface area contributed by atoms with Crippen LogP contribution >= 0.6 is 27.5 Å². The van der Waals surface area contributed by atoms with E-state index in [1.807, 2.05) is 6.92 Å².